The maximum absolute atomic E-state index is 13.2. The van der Waals surface area contributed by atoms with Crippen molar-refractivity contribution in [2.75, 3.05) is 26.9 Å². The molecule has 1 amide bonds. The number of carbonyl (C=O) groups excluding carboxylic acids is 2. The molecule has 4 rings (SSSR count). The number of ketones is 1. The molecule has 1 heterocycles. The van der Waals surface area contributed by atoms with Gasteiger partial charge in [0, 0.05) is 19.2 Å². The minimum absolute atomic E-state index is 0.0463. The first-order chi connectivity index (χ1) is 18.3. The van der Waals surface area contributed by atoms with Gasteiger partial charge in [0.2, 0.25) is 0 Å². The van der Waals surface area contributed by atoms with Gasteiger partial charge in [-0.15, -0.1) is 0 Å². The first-order valence-corrected chi connectivity index (χ1v) is 12.7. The summed E-state index contributed by atoms with van der Waals surface area (Å²) in [5, 5.41) is 11.6. The molecule has 1 N–H and O–H groups in total. The van der Waals surface area contributed by atoms with Crippen LogP contribution in [0.3, 0.4) is 0 Å². The number of likely N-dealkylation sites (tertiary alicyclic amines) is 1. The Morgan fingerprint density at radius 1 is 0.974 bits per heavy atom. The number of hydrogen-bond donors (Lipinski definition) is 1. The average Bonchev–Trinajstić information content (AvgIpc) is 3.17. The number of aliphatic hydroxyl groups excluding tert-OH is 1. The molecule has 1 aliphatic heterocycles. The van der Waals surface area contributed by atoms with Crippen molar-refractivity contribution in [3.63, 3.8) is 0 Å². The highest BCUT2D eigenvalue weighted by atomic mass is 35.5. The molecule has 1 saturated heterocycles. The zero-order valence-corrected chi connectivity index (χ0v) is 22.3. The molecule has 0 saturated carbocycles. The minimum Gasteiger partial charge on any atom is -0.507 e. The van der Waals surface area contributed by atoms with Gasteiger partial charge < -0.3 is 24.2 Å². The summed E-state index contributed by atoms with van der Waals surface area (Å²) in [4.78, 5) is 27.6. The number of rotatable bonds is 10. The lowest BCUT2D eigenvalue weighted by Crippen LogP contribution is -2.32. The molecule has 0 bridgehead atoms. The maximum Gasteiger partial charge on any atom is 0.295 e. The fourth-order valence-electron chi connectivity index (χ4n) is 4.33. The second-order valence-electron chi connectivity index (χ2n) is 8.90. The molecule has 38 heavy (non-hydrogen) atoms. The third-order valence-corrected chi connectivity index (χ3v) is 6.63. The first-order valence-electron chi connectivity index (χ1n) is 12.3. The van der Waals surface area contributed by atoms with Crippen LogP contribution in [0.25, 0.3) is 5.76 Å². The van der Waals surface area contributed by atoms with E-state index in [9.17, 15) is 14.7 Å². The van der Waals surface area contributed by atoms with E-state index in [4.69, 9.17) is 25.8 Å². The Kier molecular flexibility index (Phi) is 8.71. The average molecular weight is 536 g/mol. The van der Waals surface area contributed by atoms with Gasteiger partial charge in [0.25, 0.3) is 11.7 Å². The minimum atomic E-state index is -0.830. The molecule has 0 aromatic heterocycles. The van der Waals surface area contributed by atoms with Crippen molar-refractivity contribution in [1.82, 2.24) is 4.90 Å². The van der Waals surface area contributed by atoms with Gasteiger partial charge in [0.05, 0.1) is 29.9 Å². The van der Waals surface area contributed by atoms with Crippen LogP contribution in [-0.4, -0.2) is 48.6 Å². The van der Waals surface area contributed by atoms with Crippen LogP contribution in [0.5, 0.6) is 11.5 Å². The van der Waals surface area contributed by atoms with E-state index in [2.05, 4.69) is 0 Å². The Balaban J connectivity index is 1.69. The molecule has 0 radical (unpaired) electrons. The molecule has 7 nitrogen and oxygen atoms in total. The fraction of sp³-hybridized carbons (Fsp3) is 0.267. The number of nitrogens with zero attached hydrogens (tertiary/aromatic N) is 1. The number of halogens is 1. The number of Topliss-reactive ketones (excluding diaryl/α,β-unsaturated/α-hetero) is 1. The summed E-state index contributed by atoms with van der Waals surface area (Å²) in [5.41, 5.74) is 3.02. The predicted molar refractivity (Wildman–Crippen MR) is 145 cm³/mol. The third kappa shape index (κ3) is 5.85. The van der Waals surface area contributed by atoms with Crippen LogP contribution >= 0.6 is 11.6 Å². The molecule has 0 aliphatic carbocycles. The third-order valence-electron chi connectivity index (χ3n) is 6.30. The summed E-state index contributed by atoms with van der Waals surface area (Å²) in [7, 11) is 1.52. The lowest BCUT2D eigenvalue weighted by molar-refractivity contribution is -0.140. The van der Waals surface area contributed by atoms with E-state index in [-0.39, 0.29) is 35.1 Å². The fourth-order valence-corrected chi connectivity index (χ4v) is 4.54. The van der Waals surface area contributed by atoms with Gasteiger partial charge in [-0.1, -0.05) is 53.6 Å². The molecule has 1 fully saturated rings. The van der Waals surface area contributed by atoms with Crippen LogP contribution in [0.15, 0.2) is 72.3 Å². The Bertz CT molecular complexity index is 1330. The molecule has 198 valence electrons. The molecule has 3 aromatic carbocycles. The lowest BCUT2D eigenvalue weighted by atomic mass is 9.95. The second kappa shape index (κ2) is 12.2. The van der Waals surface area contributed by atoms with Gasteiger partial charge in [-0.2, -0.15) is 0 Å². The van der Waals surface area contributed by atoms with Crippen LogP contribution < -0.4 is 9.47 Å². The van der Waals surface area contributed by atoms with Crippen LogP contribution in [0.4, 0.5) is 0 Å². The molecular formula is C30H30ClNO6. The van der Waals surface area contributed by atoms with Crippen LogP contribution in [-0.2, 0) is 20.9 Å². The maximum atomic E-state index is 13.2. The van der Waals surface area contributed by atoms with Crippen LogP contribution in [0, 0.1) is 6.92 Å². The SMILES string of the molecule is CCOc1ccc(Cl)c(/C(O)=C2\C(=O)C(=O)N(CCOC)C2c2ccc(OCc3ccc(C)cc3)cc2)c1. The summed E-state index contributed by atoms with van der Waals surface area (Å²) in [5.74, 6) is -0.750. The van der Waals surface area contributed by atoms with Crippen LogP contribution in [0.2, 0.25) is 5.02 Å². The Hall–Kier alpha value is -3.81. The van der Waals surface area contributed by atoms with Crippen molar-refractivity contribution in [1.29, 1.82) is 0 Å². The number of hydrogen-bond acceptors (Lipinski definition) is 6. The second-order valence-corrected chi connectivity index (χ2v) is 9.31. The van der Waals surface area contributed by atoms with Crippen molar-refractivity contribution in [2.24, 2.45) is 0 Å². The summed E-state index contributed by atoms with van der Waals surface area (Å²) in [6.45, 7) is 5.08. The highest BCUT2D eigenvalue weighted by Crippen LogP contribution is 2.41. The van der Waals surface area contributed by atoms with E-state index in [0.717, 1.165) is 5.56 Å². The Morgan fingerprint density at radius 2 is 1.66 bits per heavy atom. The monoisotopic (exact) mass is 535 g/mol. The smallest absolute Gasteiger partial charge is 0.295 e. The van der Waals surface area contributed by atoms with E-state index in [0.29, 0.717) is 30.3 Å². The summed E-state index contributed by atoms with van der Waals surface area (Å²) >= 11 is 6.39. The first kappa shape index (κ1) is 27.2. The topological polar surface area (TPSA) is 85.3 Å². The highest BCUT2D eigenvalue weighted by Gasteiger charge is 2.46. The number of aliphatic hydroxyl groups is 1. The highest BCUT2D eigenvalue weighted by molar-refractivity contribution is 6.47. The van der Waals surface area contributed by atoms with Gasteiger partial charge >= 0.3 is 0 Å². The number of methoxy groups -OCH3 is 1. The van der Waals surface area contributed by atoms with Crippen molar-refractivity contribution >= 4 is 29.1 Å². The molecule has 1 atom stereocenters. The van der Waals surface area contributed by atoms with Gasteiger partial charge in [-0.05, 0) is 55.3 Å². The van der Waals surface area contributed by atoms with E-state index < -0.39 is 17.7 Å². The van der Waals surface area contributed by atoms with Gasteiger partial charge in [-0.25, -0.2) is 0 Å². The van der Waals surface area contributed by atoms with Gasteiger partial charge in [-0.3, -0.25) is 9.59 Å². The Morgan fingerprint density at radius 3 is 2.32 bits per heavy atom. The zero-order valence-electron chi connectivity index (χ0n) is 21.6. The number of amides is 1. The molecule has 1 unspecified atom stereocenters. The van der Waals surface area contributed by atoms with Crippen LogP contribution in [0.1, 0.15) is 35.2 Å². The number of aryl methyl sites for hydroxylation is 1. The van der Waals surface area contributed by atoms with Gasteiger partial charge in [0.15, 0.2) is 0 Å². The molecule has 0 spiro atoms. The van der Waals surface area contributed by atoms with Gasteiger partial charge in [0.1, 0.15) is 23.9 Å². The van der Waals surface area contributed by atoms with E-state index in [1.165, 1.54) is 17.6 Å². The normalized spacial score (nSPS) is 16.6. The van der Waals surface area contributed by atoms with Crippen molar-refractivity contribution in [3.8, 4) is 11.5 Å². The molecule has 8 heteroatoms. The number of ether oxygens (including phenoxy) is 3. The molecular weight excluding hydrogens is 506 g/mol. The quantitative estimate of drug-likeness (QED) is 0.204. The van der Waals surface area contributed by atoms with E-state index in [1.54, 1.807) is 42.5 Å². The largest absolute Gasteiger partial charge is 0.507 e. The predicted octanol–water partition coefficient (Wildman–Crippen LogP) is 5.69. The number of benzene rings is 3. The molecule has 1 aliphatic rings. The Labute approximate surface area is 227 Å². The molecule has 3 aromatic rings. The van der Waals surface area contributed by atoms with Crippen molar-refractivity contribution < 1.29 is 28.9 Å². The zero-order chi connectivity index (χ0) is 27.2. The summed E-state index contributed by atoms with van der Waals surface area (Å²) in [6, 6.07) is 19.2. The van der Waals surface area contributed by atoms with E-state index >= 15 is 0 Å². The standard InChI is InChI=1S/C30H30ClNO6/c1-4-37-23-13-14-25(31)24(17-23)28(33)26-27(32(15-16-36-3)30(35)29(26)34)21-9-11-22(12-10-21)38-18-20-7-5-19(2)6-8-20/h5-14,17,27,33H,4,15-16,18H2,1-3H3/b28-26+. The number of carbonyl (C=O) groups is 2. The van der Waals surface area contributed by atoms with E-state index in [1.807, 2.05) is 38.1 Å². The lowest BCUT2D eigenvalue weighted by Gasteiger charge is -2.25. The summed E-state index contributed by atoms with van der Waals surface area (Å²) < 4.78 is 16.6. The van der Waals surface area contributed by atoms with Crippen molar-refractivity contribution in [3.05, 3.63) is 99.6 Å². The summed E-state index contributed by atoms with van der Waals surface area (Å²) in [6.07, 6.45) is 0. The van der Waals surface area contributed by atoms with Crippen molar-refractivity contribution in [2.45, 2.75) is 26.5 Å².